The third-order valence-corrected chi connectivity index (χ3v) is 6.42. The van der Waals surface area contributed by atoms with Crippen molar-refractivity contribution in [1.29, 1.82) is 9.56 Å². The van der Waals surface area contributed by atoms with Crippen molar-refractivity contribution in [3.05, 3.63) is 48.5 Å². The summed E-state index contributed by atoms with van der Waals surface area (Å²) in [5.41, 5.74) is 0. The maximum absolute atomic E-state index is 13.0. The Morgan fingerprint density at radius 3 is 1.00 bits per heavy atom. The molecule has 0 saturated carbocycles. The van der Waals surface area contributed by atoms with E-state index >= 15 is 0 Å². The zero-order chi connectivity index (χ0) is 17.5. The molecule has 0 radical (unpaired) electrons. The van der Waals surface area contributed by atoms with Crippen molar-refractivity contribution in [2.45, 2.75) is 19.6 Å². The molecule has 0 heterocycles. The minimum absolute atomic E-state index is 0.246. The number of nitrogens with one attached hydrogen (secondary N) is 2. The van der Waals surface area contributed by atoms with Gasteiger partial charge in [0.2, 0.25) is 30.1 Å². The van der Waals surface area contributed by atoms with Crippen molar-refractivity contribution < 1.29 is 24.6 Å². The van der Waals surface area contributed by atoms with Gasteiger partial charge >= 0.3 is 0 Å². The normalized spacial score (nSPS) is 17.1. The Morgan fingerprint density at radius 2 is 0.783 bits per heavy atom. The lowest BCUT2D eigenvalue weighted by molar-refractivity contribution is 0.595. The second-order valence-corrected chi connectivity index (χ2v) is 9.25. The van der Waals surface area contributed by atoms with E-state index < -0.39 is 39.9 Å². The molecule has 23 heavy (non-hydrogen) atoms. The highest BCUT2D eigenvalue weighted by Gasteiger charge is 2.19. The molecule has 6 nitrogen and oxygen atoms in total. The lowest BCUT2D eigenvalue weighted by Gasteiger charge is -2.06. The van der Waals surface area contributed by atoms with E-state index in [1.165, 1.54) is 0 Å². The SMILES string of the molecule is N=S(=O)(F)c1ccc(S(=O)(=O)c2ccc(S(=N)(=O)F)cc2)cc1. The van der Waals surface area contributed by atoms with E-state index in [2.05, 4.69) is 0 Å². The summed E-state index contributed by atoms with van der Waals surface area (Å²) in [6, 6.07) is 7.68. The first-order valence-corrected chi connectivity index (χ1v) is 10.2. The fraction of sp³-hybridized carbons (Fsp3) is 0. The van der Waals surface area contributed by atoms with Crippen LogP contribution >= 0.6 is 0 Å². The van der Waals surface area contributed by atoms with Gasteiger partial charge in [0.1, 0.15) is 0 Å². The molecule has 0 aliphatic heterocycles. The zero-order valence-electron chi connectivity index (χ0n) is 11.2. The lowest BCUT2D eigenvalue weighted by Crippen LogP contribution is -2.03. The van der Waals surface area contributed by atoms with Crippen LogP contribution < -0.4 is 0 Å². The van der Waals surface area contributed by atoms with Crippen LogP contribution in [0.1, 0.15) is 0 Å². The van der Waals surface area contributed by atoms with Gasteiger partial charge in [0.05, 0.1) is 19.6 Å². The summed E-state index contributed by atoms with van der Waals surface area (Å²) in [6.07, 6.45) is 0. The fourth-order valence-corrected chi connectivity index (χ4v) is 3.96. The Hall–Kier alpha value is -1.85. The van der Waals surface area contributed by atoms with Gasteiger partial charge in [0.15, 0.2) is 0 Å². The van der Waals surface area contributed by atoms with Crippen molar-refractivity contribution in [2.75, 3.05) is 0 Å². The standard InChI is InChI=1S/C12H10F2N2O4S3/c13-22(15,19)11-5-1-9(2-6-11)21(17,18)10-3-7-12(8-4-10)23(14,16)20/h1-8,15-16H. The molecule has 124 valence electrons. The predicted octanol–water partition coefficient (Wildman–Crippen LogP) is 3.10. The number of hydrogen-bond acceptors (Lipinski definition) is 6. The van der Waals surface area contributed by atoms with Crippen LogP contribution in [0.15, 0.2) is 68.1 Å². The smallest absolute Gasteiger partial charge is 0.222 e. The summed E-state index contributed by atoms with van der Waals surface area (Å²) in [5, 5.41) is 0. The predicted molar refractivity (Wildman–Crippen MR) is 78.8 cm³/mol. The van der Waals surface area contributed by atoms with Crippen LogP contribution in [-0.2, 0) is 30.1 Å². The molecule has 0 fully saturated rings. The number of halogens is 2. The largest absolute Gasteiger partial charge is 0.228 e. The van der Waals surface area contributed by atoms with E-state index in [-0.39, 0.29) is 9.79 Å². The van der Waals surface area contributed by atoms with Crippen LogP contribution in [0.2, 0.25) is 0 Å². The molecule has 2 rings (SSSR count). The molecular formula is C12H10F2N2O4S3. The summed E-state index contributed by atoms with van der Waals surface area (Å²) < 4.78 is 86.0. The zero-order valence-corrected chi connectivity index (χ0v) is 13.7. The lowest BCUT2D eigenvalue weighted by atomic mass is 10.4. The molecule has 0 saturated heterocycles. The van der Waals surface area contributed by atoms with Crippen LogP contribution in [0, 0.1) is 9.56 Å². The molecule has 2 aromatic rings. The van der Waals surface area contributed by atoms with Crippen molar-refractivity contribution in [3.63, 3.8) is 0 Å². The maximum Gasteiger partial charge on any atom is 0.228 e. The monoisotopic (exact) mass is 380 g/mol. The highest BCUT2D eigenvalue weighted by atomic mass is 32.3. The Bertz CT molecular complexity index is 963. The first-order chi connectivity index (χ1) is 10.4. The molecule has 0 aliphatic rings. The van der Waals surface area contributed by atoms with Crippen molar-refractivity contribution in [3.8, 4) is 0 Å². The van der Waals surface area contributed by atoms with E-state index in [9.17, 15) is 24.6 Å². The van der Waals surface area contributed by atoms with Crippen LogP contribution in [0.4, 0.5) is 7.77 Å². The fourth-order valence-electron chi connectivity index (χ4n) is 1.72. The van der Waals surface area contributed by atoms with E-state index in [0.717, 1.165) is 48.5 Å². The maximum atomic E-state index is 13.0. The van der Waals surface area contributed by atoms with E-state index in [1.54, 1.807) is 0 Å². The van der Waals surface area contributed by atoms with Gasteiger partial charge in [0, 0.05) is 0 Å². The molecule has 0 bridgehead atoms. The van der Waals surface area contributed by atoms with Crippen LogP contribution in [-0.4, -0.2) is 16.8 Å². The van der Waals surface area contributed by atoms with E-state index in [4.69, 9.17) is 9.56 Å². The highest BCUT2D eigenvalue weighted by Crippen LogP contribution is 2.24. The second kappa shape index (κ2) is 5.65. The average molecular weight is 380 g/mol. The van der Waals surface area contributed by atoms with Crippen LogP contribution in [0.5, 0.6) is 0 Å². The average Bonchev–Trinajstić information content (AvgIpc) is 2.46. The minimum atomic E-state index is -4.44. The molecule has 2 aromatic carbocycles. The van der Waals surface area contributed by atoms with Crippen LogP contribution in [0.25, 0.3) is 0 Å². The summed E-state index contributed by atoms with van der Waals surface area (Å²) in [7, 11) is -12.9. The van der Waals surface area contributed by atoms with Gasteiger partial charge in [-0.1, -0.05) is 0 Å². The molecular weight excluding hydrogens is 370 g/mol. The molecule has 0 aromatic heterocycles. The van der Waals surface area contributed by atoms with Gasteiger partial charge in [-0.3, -0.25) is 0 Å². The number of rotatable bonds is 4. The third-order valence-electron chi connectivity index (χ3n) is 2.87. The van der Waals surface area contributed by atoms with Crippen molar-refractivity contribution in [2.24, 2.45) is 0 Å². The molecule has 2 atom stereocenters. The Kier molecular flexibility index (Phi) is 4.30. The molecule has 2 unspecified atom stereocenters. The Morgan fingerprint density at radius 1 is 0.565 bits per heavy atom. The molecule has 2 N–H and O–H groups in total. The number of sulfone groups is 1. The summed E-state index contributed by atoms with van der Waals surface area (Å²) in [5.74, 6) is 0. The first-order valence-electron chi connectivity index (χ1n) is 5.84. The number of benzene rings is 2. The van der Waals surface area contributed by atoms with Crippen molar-refractivity contribution >= 4 is 30.1 Å². The molecule has 0 aliphatic carbocycles. The summed E-state index contributed by atoms with van der Waals surface area (Å²) in [6.45, 7) is 0. The van der Waals surface area contributed by atoms with Crippen molar-refractivity contribution in [1.82, 2.24) is 0 Å². The molecule has 11 heteroatoms. The second-order valence-electron chi connectivity index (χ2n) is 4.42. The van der Waals surface area contributed by atoms with Gasteiger partial charge in [-0.05, 0) is 48.5 Å². The number of hydrogen-bond donors (Lipinski definition) is 2. The first kappa shape index (κ1) is 17.5. The quantitative estimate of drug-likeness (QED) is 0.793. The Balaban J connectivity index is 2.46. The minimum Gasteiger partial charge on any atom is -0.222 e. The van der Waals surface area contributed by atoms with E-state index in [0.29, 0.717) is 0 Å². The third kappa shape index (κ3) is 3.74. The van der Waals surface area contributed by atoms with Gasteiger partial charge in [-0.25, -0.2) is 26.4 Å². The molecule has 0 spiro atoms. The highest BCUT2D eigenvalue weighted by molar-refractivity contribution is 7.91. The summed E-state index contributed by atoms with van der Waals surface area (Å²) in [4.78, 5) is -1.41. The Labute approximate surface area is 132 Å². The van der Waals surface area contributed by atoms with Gasteiger partial charge in [0.25, 0.3) is 0 Å². The summed E-state index contributed by atoms with van der Waals surface area (Å²) >= 11 is 0. The van der Waals surface area contributed by atoms with Gasteiger partial charge < -0.3 is 0 Å². The van der Waals surface area contributed by atoms with E-state index in [1.807, 2.05) is 0 Å². The molecule has 0 amide bonds. The topological polar surface area (TPSA) is 116 Å². The van der Waals surface area contributed by atoms with Gasteiger partial charge in [-0.2, -0.15) is 0 Å². The van der Waals surface area contributed by atoms with Crippen LogP contribution in [0.3, 0.4) is 0 Å². The van der Waals surface area contributed by atoms with Gasteiger partial charge in [-0.15, -0.1) is 7.77 Å².